The molecule has 0 amide bonds. The topological polar surface area (TPSA) is 44.8 Å². The zero-order valence-electron chi connectivity index (χ0n) is 19.7. The SMILES string of the molecule is COC(=O)c1ccc(CCC[C@@H]2[C@@H](CSc3cc(Cl)cc(Cl)c3)[C@H](OC3CCCCO3)C[C@H]2Cl)s1. The molecular formula is C26H31Cl3O4S2. The molecule has 1 aliphatic heterocycles. The van der Waals surface area contributed by atoms with Crippen LogP contribution < -0.4 is 0 Å². The van der Waals surface area contributed by atoms with Gasteiger partial charge in [0.25, 0.3) is 0 Å². The first-order valence-corrected chi connectivity index (χ1v) is 15.1. The first-order valence-electron chi connectivity index (χ1n) is 12.1. The van der Waals surface area contributed by atoms with Crippen LogP contribution in [0.4, 0.5) is 0 Å². The molecule has 35 heavy (non-hydrogen) atoms. The Morgan fingerprint density at radius 1 is 1.17 bits per heavy atom. The molecule has 0 radical (unpaired) electrons. The van der Waals surface area contributed by atoms with Crippen molar-refractivity contribution in [3.63, 3.8) is 0 Å². The summed E-state index contributed by atoms with van der Waals surface area (Å²) in [5.41, 5.74) is 0. The van der Waals surface area contributed by atoms with Gasteiger partial charge in [-0.2, -0.15) is 0 Å². The normalized spacial score (nSPS) is 26.7. The molecule has 1 aliphatic carbocycles. The second-order valence-electron chi connectivity index (χ2n) is 9.12. The summed E-state index contributed by atoms with van der Waals surface area (Å²) >= 11 is 22.6. The van der Waals surface area contributed by atoms with Crippen molar-refractivity contribution in [1.82, 2.24) is 0 Å². The Labute approximate surface area is 230 Å². The number of rotatable bonds is 10. The Hall–Kier alpha value is -0.470. The molecule has 2 aliphatic rings. The maximum Gasteiger partial charge on any atom is 0.348 e. The van der Waals surface area contributed by atoms with Crippen LogP contribution in [0, 0.1) is 11.8 Å². The number of hydrogen-bond acceptors (Lipinski definition) is 6. The zero-order chi connectivity index (χ0) is 24.8. The number of carbonyl (C=O) groups excluding carboxylic acids is 1. The van der Waals surface area contributed by atoms with E-state index >= 15 is 0 Å². The smallest absolute Gasteiger partial charge is 0.348 e. The van der Waals surface area contributed by atoms with Crippen LogP contribution in [0.25, 0.3) is 0 Å². The summed E-state index contributed by atoms with van der Waals surface area (Å²) in [5.74, 6) is 1.25. The monoisotopic (exact) mass is 576 g/mol. The number of ether oxygens (including phenoxy) is 3. The maximum absolute atomic E-state index is 11.8. The van der Waals surface area contributed by atoms with Crippen molar-refractivity contribution in [3.8, 4) is 0 Å². The molecule has 0 N–H and O–H groups in total. The lowest BCUT2D eigenvalue weighted by Gasteiger charge is -2.30. The lowest BCUT2D eigenvalue weighted by Crippen LogP contribution is -2.32. The van der Waals surface area contributed by atoms with Crippen LogP contribution in [0.1, 0.15) is 53.1 Å². The van der Waals surface area contributed by atoms with E-state index in [-0.39, 0.29) is 23.7 Å². The lowest BCUT2D eigenvalue weighted by molar-refractivity contribution is -0.194. The van der Waals surface area contributed by atoms with Gasteiger partial charge < -0.3 is 14.2 Å². The van der Waals surface area contributed by atoms with E-state index in [4.69, 9.17) is 49.0 Å². The largest absolute Gasteiger partial charge is 0.465 e. The quantitative estimate of drug-likeness (QED) is 0.162. The summed E-state index contributed by atoms with van der Waals surface area (Å²) in [5, 5.41) is 1.35. The van der Waals surface area contributed by atoms with Gasteiger partial charge in [0, 0.05) is 37.6 Å². The lowest BCUT2D eigenvalue weighted by atomic mass is 9.91. The third-order valence-electron chi connectivity index (χ3n) is 6.70. The van der Waals surface area contributed by atoms with Crippen LogP contribution >= 0.6 is 57.9 Å². The molecule has 1 aromatic heterocycles. The predicted octanol–water partition coefficient (Wildman–Crippen LogP) is 8.11. The van der Waals surface area contributed by atoms with E-state index < -0.39 is 0 Å². The molecule has 9 heteroatoms. The van der Waals surface area contributed by atoms with Crippen molar-refractivity contribution >= 4 is 63.9 Å². The maximum atomic E-state index is 11.8. The van der Waals surface area contributed by atoms with Gasteiger partial charge in [0.2, 0.25) is 0 Å². The summed E-state index contributed by atoms with van der Waals surface area (Å²) in [7, 11) is 1.41. The van der Waals surface area contributed by atoms with E-state index in [0.717, 1.165) is 62.2 Å². The van der Waals surface area contributed by atoms with Gasteiger partial charge in [-0.15, -0.1) is 34.7 Å². The van der Waals surface area contributed by atoms with Gasteiger partial charge in [0.05, 0.1) is 13.2 Å². The number of methoxy groups -OCH3 is 1. The molecule has 4 rings (SSSR count). The highest BCUT2D eigenvalue weighted by molar-refractivity contribution is 7.99. The van der Waals surface area contributed by atoms with Gasteiger partial charge in [-0.25, -0.2) is 4.79 Å². The van der Waals surface area contributed by atoms with Gasteiger partial charge in [-0.3, -0.25) is 0 Å². The van der Waals surface area contributed by atoms with Gasteiger partial charge in [-0.05, 0) is 87.1 Å². The predicted molar refractivity (Wildman–Crippen MR) is 145 cm³/mol. The minimum Gasteiger partial charge on any atom is -0.465 e. The molecule has 1 saturated heterocycles. The summed E-state index contributed by atoms with van der Waals surface area (Å²) in [6, 6.07) is 9.52. The second-order valence-corrected chi connectivity index (χ2v) is 12.8. The molecule has 1 aromatic carbocycles. The van der Waals surface area contributed by atoms with Crippen LogP contribution in [0.2, 0.25) is 10.0 Å². The van der Waals surface area contributed by atoms with Crippen LogP contribution in [0.5, 0.6) is 0 Å². The van der Waals surface area contributed by atoms with Crippen molar-refractivity contribution in [3.05, 3.63) is 50.1 Å². The fourth-order valence-electron chi connectivity index (χ4n) is 4.95. The number of carbonyl (C=O) groups is 1. The first kappa shape index (κ1) is 27.6. The Morgan fingerprint density at radius 2 is 1.97 bits per heavy atom. The van der Waals surface area contributed by atoms with Crippen molar-refractivity contribution in [2.45, 2.75) is 67.6 Å². The van der Waals surface area contributed by atoms with Gasteiger partial charge in [-0.1, -0.05) is 23.2 Å². The van der Waals surface area contributed by atoms with Crippen molar-refractivity contribution in [2.75, 3.05) is 19.5 Å². The number of hydrogen-bond donors (Lipinski definition) is 0. The van der Waals surface area contributed by atoms with E-state index in [2.05, 4.69) is 0 Å². The van der Waals surface area contributed by atoms with Crippen LogP contribution in [0.3, 0.4) is 0 Å². The average Bonchev–Trinajstić information content (AvgIpc) is 3.42. The van der Waals surface area contributed by atoms with E-state index in [1.54, 1.807) is 17.8 Å². The molecule has 2 aromatic rings. The number of thiophene rings is 1. The minimum atomic E-state index is -0.277. The molecule has 1 saturated carbocycles. The molecule has 5 atom stereocenters. The Balaban J connectivity index is 1.40. The van der Waals surface area contributed by atoms with E-state index in [0.29, 0.717) is 26.8 Å². The molecule has 1 unspecified atom stereocenters. The number of alkyl halides is 1. The van der Waals surface area contributed by atoms with E-state index in [9.17, 15) is 4.79 Å². The number of aryl methyl sites for hydroxylation is 1. The summed E-state index contributed by atoms with van der Waals surface area (Å²) in [4.78, 5) is 14.6. The van der Waals surface area contributed by atoms with Gasteiger partial charge >= 0.3 is 5.97 Å². The molecule has 192 valence electrons. The molecule has 2 fully saturated rings. The summed E-state index contributed by atoms with van der Waals surface area (Å²) in [6.45, 7) is 0.764. The average molecular weight is 578 g/mol. The van der Waals surface area contributed by atoms with Crippen LogP contribution in [-0.4, -0.2) is 43.2 Å². The number of thioether (sulfide) groups is 1. The molecule has 2 heterocycles. The zero-order valence-corrected chi connectivity index (χ0v) is 23.6. The van der Waals surface area contributed by atoms with Gasteiger partial charge in [0.15, 0.2) is 6.29 Å². The number of benzene rings is 1. The minimum absolute atomic E-state index is 0.0612. The third kappa shape index (κ3) is 7.76. The molecular weight excluding hydrogens is 547 g/mol. The van der Waals surface area contributed by atoms with Crippen molar-refractivity contribution in [1.29, 1.82) is 0 Å². The summed E-state index contributed by atoms with van der Waals surface area (Å²) < 4.78 is 17.2. The van der Waals surface area contributed by atoms with E-state index in [1.165, 1.54) is 23.3 Å². The van der Waals surface area contributed by atoms with Gasteiger partial charge in [0.1, 0.15) is 4.88 Å². The standard InChI is InChI=1S/C26H31Cl3O4S2/c1-31-26(30)24-9-8-18(35-24)5-4-6-20-21(15-34-19-12-16(27)11-17(28)13-19)23(14-22(20)29)33-25-7-2-3-10-32-25/h8-9,11-13,20-23,25H,2-7,10,14-15H2,1H3/t20-,21-,22-,23-,25?/m1/s1. The second kappa shape index (κ2) is 13.4. The number of esters is 1. The van der Waals surface area contributed by atoms with Crippen molar-refractivity contribution < 1.29 is 19.0 Å². The first-order chi connectivity index (χ1) is 16.9. The molecule has 0 bridgehead atoms. The van der Waals surface area contributed by atoms with Crippen molar-refractivity contribution in [2.24, 2.45) is 11.8 Å². The summed E-state index contributed by atoms with van der Waals surface area (Å²) in [6.07, 6.45) is 6.88. The highest BCUT2D eigenvalue weighted by atomic mass is 35.5. The Morgan fingerprint density at radius 3 is 2.69 bits per heavy atom. The fraction of sp³-hybridized carbons (Fsp3) is 0.577. The number of halogens is 3. The highest BCUT2D eigenvalue weighted by Gasteiger charge is 2.43. The Kier molecular flexibility index (Phi) is 10.5. The molecule has 0 spiro atoms. The van der Waals surface area contributed by atoms with Crippen LogP contribution in [-0.2, 0) is 20.6 Å². The fourth-order valence-corrected chi connectivity index (χ4v) is 8.33. The third-order valence-corrected chi connectivity index (χ3v) is 9.89. The molecule has 4 nitrogen and oxygen atoms in total. The van der Waals surface area contributed by atoms with E-state index in [1.807, 2.05) is 24.3 Å². The van der Waals surface area contributed by atoms with Crippen LogP contribution in [0.15, 0.2) is 35.2 Å². The highest BCUT2D eigenvalue weighted by Crippen LogP contribution is 2.44. The Bertz CT molecular complexity index is 959.